The normalized spacial score (nSPS) is 23.9. The Labute approximate surface area is 265 Å². The fraction of sp³-hybridized carbons (Fsp3) is 0.606. The number of amides is 3. The lowest BCUT2D eigenvalue weighted by molar-refractivity contribution is 0.00860. The number of anilines is 4. The van der Waals surface area contributed by atoms with Crippen LogP contribution in [0.3, 0.4) is 0 Å². The number of likely N-dealkylation sites (tertiary alicyclic amines) is 1. The Morgan fingerprint density at radius 1 is 0.978 bits per heavy atom. The molecule has 45 heavy (non-hydrogen) atoms. The molecular formula is C33H45N9O3. The number of nitriles is 1. The van der Waals surface area contributed by atoms with Gasteiger partial charge in [0, 0.05) is 70.8 Å². The predicted molar refractivity (Wildman–Crippen MR) is 173 cm³/mol. The van der Waals surface area contributed by atoms with Crippen LogP contribution < -0.4 is 15.1 Å². The number of fused-ring (bicyclic) bond motifs is 1. The number of nitrogens with one attached hydrogen (secondary N) is 1. The van der Waals surface area contributed by atoms with Crippen LogP contribution in [0.1, 0.15) is 52.1 Å². The second kappa shape index (κ2) is 12.6. The Balaban J connectivity index is 1.10. The highest BCUT2D eigenvalue weighted by Crippen LogP contribution is 2.35. The van der Waals surface area contributed by atoms with E-state index in [0.717, 1.165) is 82.9 Å². The van der Waals surface area contributed by atoms with Crippen molar-refractivity contribution in [2.75, 3.05) is 74.5 Å². The molecule has 12 nitrogen and oxygen atoms in total. The van der Waals surface area contributed by atoms with E-state index in [1.165, 1.54) is 0 Å². The van der Waals surface area contributed by atoms with Gasteiger partial charge in [-0.3, -0.25) is 0 Å². The Morgan fingerprint density at radius 3 is 2.47 bits per heavy atom. The van der Waals surface area contributed by atoms with Crippen molar-refractivity contribution in [1.29, 1.82) is 5.26 Å². The number of nitrogens with zero attached hydrogens (tertiary/aromatic N) is 8. The lowest BCUT2D eigenvalue weighted by atomic mass is 9.80. The molecule has 4 aliphatic rings. The van der Waals surface area contributed by atoms with Gasteiger partial charge in [0.1, 0.15) is 17.5 Å². The number of carbonyl (C=O) groups excluding carboxylic acids is 2. The molecule has 5 heterocycles. The summed E-state index contributed by atoms with van der Waals surface area (Å²) in [6.07, 6.45) is 5.51. The molecule has 12 heteroatoms. The van der Waals surface area contributed by atoms with Gasteiger partial charge in [-0.2, -0.15) is 5.26 Å². The first-order valence-corrected chi connectivity index (χ1v) is 16.2. The van der Waals surface area contributed by atoms with Gasteiger partial charge in [0.25, 0.3) is 0 Å². The second-order valence-corrected chi connectivity index (χ2v) is 13.8. The van der Waals surface area contributed by atoms with Crippen molar-refractivity contribution < 1.29 is 14.3 Å². The predicted octanol–water partition coefficient (Wildman–Crippen LogP) is 4.51. The van der Waals surface area contributed by atoms with Gasteiger partial charge in [-0.15, -0.1) is 0 Å². The molecule has 3 atom stereocenters. The number of piperidine rings is 3. The lowest BCUT2D eigenvalue weighted by Gasteiger charge is -2.45. The monoisotopic (exact) mass is 615 g/mol. The van der Waals surface area contributed by atoms with Crippen molar-refractivity contribution in [2.24, 2.45) is 11.8 Å². The highest BCUT2D eigenvalue weighted by molar-refractivity contribution is 5.76. The van der Waals surface area contributed by atoms with Crippen molar-refractivity contribution in [3.8, 4) is 6.07 Å². The van der Waals surface area contributed by atoms with Gasteiger partial charge in [-0.1, -0.05) is 0 Å². The summed E-state index contributed by atoms with van der Waals surface area (Å²) in [6, 6.07) is 10.6. The van der Waals surface area contributed by atoms with E-state index < -0.39 is 5.60 Å². The SMILES string of the molecule is CN1CCN([C@@H]2CCCN(c3cnc(C#N)c(Nc4ccc(N5CCC6CCN(C(=O)OC(C)(C)C)CC6C5)cc4)n3)C2)C1=O. The minimum Gasteiger partial charge on any atom is -0.444 e. The maximum absolute atomic E-state index is 12.7. The molecule has 1 aromatic heterocycles. The molecule has 4 fully saturated rings. The first-order chi connectivity index (χ1) is 21.6. The summed E-state index contributed by atoms with van der Waals surface area (Å²) in [7, 11) is 1.85. The third-order valence-corrected chi connectivity index (χ3v) is 9.54. The average Bonchev–Trinajstić information content (AvgIpc) is 3.37. The average molecular weight is 616 g/mol. The standard InChI is InChI=1S/C33H45N9O3/c1-33(2,3)45-32(44)41-15-12-23-11-14-39(20-24(23)21-41)26-9-7-25(8-10-26)36-30-28(18-34)35-19-29(37-30)40-13-5-6-27(22-40)42-17-16-38(4)31(42)43/h7-10,19,23-24,27H,5-6,11-17,20-22H2,1-4H3,(H,36,37)/t23?,24?,27-/m1/s1. The number of carbonyl (C=O) groups is 2. The van der Waals surface area contributed by atoms with Crippen LogP contribution in [0.2, 0.25) is 0 Å². The molecule has 1 aromatic carbocycles. The summed E-state index contributed by atoms with van der Waals surface area (Å²) in [4.78, 5) is 44.7. The maximum Gasteiger partial charge on any atom is 0.410 e. The fourth-order valence-corrected chi connectivity index (χ4v) is 7.11. The molecule has 6 rings (SSSR count). The molecule has 0 spiro atoms. The summed E-state index contributed by atoms with van der Waals surface area (Å²) >= 11 is 0. The summed E-state index contributed by atoms with van der Waals surface area (Å²) in [5, 5.41) is 13.1. The molecule has 2 aromatic rings. The van der Waals surface area contributed by atoms with Crippen LogP contribution in [-0.4, -0.2) is 108 Å². The van der Waals surface area contributed by atoms with Crippen LogP contribution in [0, 0.1) is 23.2 Å². The molecule has 2 unspecified atom stereocenters. The van der Waals surface area contributed by atoms with Gasteiger partial charge in [-0.05, 0) is 82.6 Å². The minimum atomic E-state index is -0.494. The van der Waals surface area contributed by atoms with E-state index in [1.807, 2.05) is 49.8 Å². The van der Waals surface area contributed by atoms with Gasteiger partial charge >= 0.3 is 12.1 Å². The maximum atomic E-state index is 12.7. The zero-order valence-corrected chi connectivity index (χ0v) is 26.9. The fourth-order valence-electron chi connectivity index (χ4n) is 7.11. The molecule has 240 valence electrons. The third kappa shape index (κ3) is 6.87. The Morgan fingerprint density at radius 2 is 1.76 bits per heavy atom. The minimum absolute atomic E-state index is 0.0875. The highest BCUT2D eigenvalue weighted by atomic mass is 16.6. The zero-order chi connectivity index (χ0) is 31.7. The zero-order valence-electron chi connectivity index (χ0n) is 26.9. The van der Waals surface area contributed by atoms with Crippen LogP contribution in [0.15, 0.2) is 30.5 Å². The number of benzene rings is 1. The van der Waals surface area contributed by atoms with Gasteiger partial charge < -0.3 is 34.6 Å². The van der Waals surface area contributed by atoms with Crippen molar-refractivity contribution in [3.63, 3.8) is 0 Å². The molecule has 0 radical (unpaired) electrons. The quantitative estimate of drug-likeness (QED) is 0.518. The Hall–Kier alpha value is -4.27. The second-order valence-electron chi connectivity index (χ2n) is 13.8. The van der Waals surface area contributed by atoms with E-state index in [9.17, 15) is 14.9 Å². The number of likely N-dealkylation sites (N-methyl/N-ethyl adjacent to an activating group) is 1. The highest BCUT2D eigenvalue weighted by Gasteiger charge is 2.37. The number of hydrogen-bond acceptors (Lipinski definition) is 9. The van der Waals surface area contributed by atoms with Gasteiger partial charge in [0.05, 0.1) is 12.2 Å². The molecule has 3 amide bonds. The smallest absolute Gasteiger partial charge is 0.410 e. The van der Waals surface area contributed by atoms with E-state index in [4.69, 9.17) is 9.72 Å². The van der Waals surface area contributed by atoms with Crippen LogP contribution in [0.25, 0.3) is 0 Å². The van der Waals surface area contributed by atoms with E-state index in [0.29, 0.717) is 30.0 Å². The molecular weight excluding hydrogens is 570 g/mol. The van der Waals surface area contributed by atoms with E-state index in [2.05, 4.69) is 38.3 Å². The molecule has 0 aliphatic carbocycles. The largest absolute Gasteiger partial charge is 0.444 e. The first-order valence-electron chi connectivity index (χ1n) is 16.2. The van der Waals surface area contributed by atoms with Gasteiger partial charge in [0.15, 0.2) is 11.5 Å². The van der Waals surface area contributed by atoms with E-state index in [1.54, 1.807) is 11.1 Å². The lowest BCUT2D eigenvalue weighted by Crippen LogP contribution is -2.52. The number of aromatic nitrogens is 2. The van der Waals surface area contributed by atoms with Crippen molar-refractivity contribution in [1.82, 2.24) is 24.7 Å². The van der Waals surface area contributed by atoms with Gasteiger partial charge in [-0.25, -0.2) is 19.6 Å². The molecule has 4 saturated heterocycles. The summed E-state index contributed by atoms with van der Waals surface area (Å²) in [5.41, 5.74) is 1.70. The molecule has 0 bridgehead atoms. The summed E-state index contributed by atoms with van der Waals surface area (Å²) < 4.78 is 5.64. The summed E-state index contributed by atoms with van der Waals surface area (Å²) in [5.74, 6) is 2.16. The van der Waals surface area contributed by atoms with Crippen LogP contribution in [0.4, 0.5) is 32.6 Å². The third-order valence-electron chi connectivity index (χ3n) is 9.54. The Bertz CT molecular complexity index is 1440. The number of rotatable bonds is 5. The topological polar surface area (TPSA) is 121 Å². The first kappa shape index (κ1) is 30.7. The number of urea groups is 1. The Kier molecular flexibility index (Phi) is 8.62. The van der Waals surface area contributed by atoms with Crippen molar-refractivity contribution >= 4 is 35.1 Å². The van der Waals surface area contributed by atoms with Gasteiger partial charge in [0.2, 0.25) is 0 Å². The molecule has 1 N–H and O–H groups in total. The molecule has 4 aliphatic heterocycles. The number of hydrogen-bond donors (Lipinski definition) is 1. The van der Waals surface area contributed by atoms with Crippen LogP contribution in [-0.2, 0) is 4.74 Å². The van der Waals surface area contributed by atoms with Crippen molar-refractivity contribution in [2.45, 2.75) is 58.1 Å². The van der Waals surface area contributed by atoms with Crippen molar-refractivity contribution in [3.05, 3.63) is 36.2 Å². The van der Waals surface area contributed by atoms with E-state index >= 15 is 0 Å². The van der Waals surface area contributed by atoms with Crippen LogP contribution in [0.5, 0.6) is 0 Å². The number of ether oxygens (including phenoxy) is 1. The summed E-state index contributed by atoms with van der Waals surface area (Å²) in [6.45, 7) is 12.1. The van der Waals surface area contributed by atoms with E-state index in [-0.39, 0.29) is 23.9 Å². The molecule has 0 saturated carbocycles. The van der Waals surface area contributed by atoms with Crippen LogP contribution >= 0.6 is 0 Å².